The van der Waals surface area contributed by atoms with E-state index in [-0.39, 0.29) is 42.5 Å². The summed E-state index contributed by atoms with van der Waals surface area (Å²) in [6.45, 7) is 16.5. The molecule has 0 aliphatic rings. The molecule has 253 valence electrons. The van der Waals surface area contributed by atoms with Gasteiger partial charge in [0.25, 0.3) is 0 Å². The Balaban J connectivity index is 0.000000251. The minimum atomic E-state index is -0.337. The Morgan fingerprint density at radius 3 is 2.06 bits per heavy atom. The van der Waals surface area contributed by atoms with Gasteiger partial charge in [0.05, 0.1) is 0 Å². The van der Waals surface area contributed by atoms with Gasteiger partial charge in [0, 0.05) is 58.9 Å². The van der Waals surface area contributed by atoms with E-state index in [0.717, 1.165) is 69.5 Å². The van der Waals surface area contributed by atoms with E-state index in [9.17, 15) is 9.90 Å². The van der Waals surface area contributed by atoms with E-state index in [1.54, 1.807) is 6.33 Å². The van der Waals surface area contributed by atoms with Gasteiger partial charge in [-0.05, 0) is 31.1 Å². The Labute approximate surface area is 298 Å². The molecule has 0 bridgehead atoms. The van der Waals surface area contributed by atoms with Crippen molar-refractivity contribution in [2.24, 2.45) is 10.8 Å². The van der Waals surface area contributed by atoms with Crippen molar-refractivity contribution in [3.8, 4) is 11.3 Å². The van der Waals surface area contributed by atoms with Gasteiger partial charge in [0.15, 0.2) is 5.78 Å². The summed E-state index contributed by atoms with van der Waals surface area (Å²) >= 11 is 0. The molecule has 5 nitrogen and oxygen atoms in total. The number of ketones is 1. The summed E-state index contributed by atoms with van der Waals surface area (Å²) in [4.78, 5) is 21.3. The number of hydrogen-bond acceptors (Lipinski definition) is 5. The van der Waals surface area contributed by atoms with Crippen LogP contribution in [0, 0.1) is 16.9 Å². The zero-order valence-corrected chi connectivity index (χ0v) is 31.8. The van der Waals surface area contributed by atoms with E-state index >= 15 is 0 Å². The second kappa shape index (κ2) is 15.1. The molecule has 6 rings (SSSR count). The van der Waals surface area contributed by atoms with Crippen LogP contribution in [0.3, 0.4) is 0 Å². The molecule has 2 aromatic heterocycles. The van der Waals surface area contributed by atoms with Gasteiger partial charge in [-0.2, -0.15) is 0 Å². The topological polar surface area (TPSA) is 76.2 Å². The van der Waals surface area contributed by atoms with Gasteiger partial charge in [-0.15, -0.1) is 23.3 Å². The fraction of sp³-hybridized carbons (Fsp3) is 0.357. The molecule has 0 saturated carbocycles. The van der Waals surface area contributed by atoms with Gasteiger partial charge in [-0.25, -0.2) is 4.98 Å². The third kappa shape index (κ3) is 6.84. The minimum absolute atomic E-state index is 0. The molecule has 0 aliphatic heterocycles. The molecule has 0 unspecified atom stereocenters. The van der Waals surface area contributed by atoms with Gasteiger partial charge in [-0.1, -0.05) is 133 Å². The standard InChI is InChI=1S/C27H19N2O.C15H28O2.Ir/c1-16(2)18-13-14-22(21-10-6-5-9-20(18)21)25-24-23-12-11-17-7-3-4-8-19(17)26(23)30-27(24)29-15-28-25;1-7-14(5,8-2)12(16)11-13(17)15(6,9-3)10-4;/h3-13,15-16H,1-2H3;11,16H,7-10H2,1-6H3;/q-1;;/b;12-11-;. The first kappa shape index (κ1) is 37.0. The van der Waals surface area contributed by atoms with Crippen LogP contribution in [0.5, 0.6) is 0 Å². The number of aliphatic hydroxyl groups is 1. The van der Waals surface area contributed by atoms with Crippen molar-refractivity contribution >= 4 is 49.4 Å². The van der Waals surface area contributed by atoms with E-state index in [1.165, 1.54) is 17.0 Å². The number of carbonyl (C=O) groups excluding carboxylic acids is 1. The number of aliphatic hydroxyl groups excluding tert-OH is 1. The number of furan rings is 1. The normalized spacial score (nSPS) is 12.4. The molecule has 2 heterocycles. The first-order valence-electron chi connectivity index (χ1n) is 17.0. The first-order valence-corrected chi connectivity index (χ1v) is 17.0. The average molecular weight is 820 g/mol. The fourth-order valence-corrected chi connectivity index (χ4v) is 6.14. The van der Waals surface area contributed by atoms with Crippen LogP contribution in [0.4, 0.5) is 0 Å². The molecule has 1 radical (unpaired) electrons. The molecule has 4 aromatic carbocycles. The Hall–Kier alpha value is -3.86. The molecule has 6 aromatic rings. The Kier molecular flexibility index (Phi) is 11.7. The summed E-state index contributed by atoms with van der Waals surface area (Å²) in [5.74, 6) is 0.709. The zero-order valence-electron chi connectivity index (χ0n) is 29.4. The van der Waals surface area contributed by atoms with E-state index in [1.807, 2.05) is 53.7 Å². The van der Waals surface area contributed by atoms with Crippen LogP contribution >= 0.6 is 0 Å². The molecule has 6 heteroatoms. The van der Waals surface area contributed by atoms with Crippen molar-refractivity contribution in [2.75, 3.05) is 0 Å². The number of carbonyl (C=O) groups is 1. The number of fused-ring (bicyclic) bond motifs is 6. The van der Waals surface area contributed by atoms with Crippen LogP contribution in [0.1, 0.15) is 92.6 Å². The maximum atomic E-state index is 12.2. The second-order valence-corrected chi connectivity index (χ2v) is 13.4. The van der Waals surface area contributed by atoms with Gasteiger partial charge >= 0.3 is 0 Å². The van der Waals surface area contributed by atoms with E-state index in [0.29, 0.717) is 11.6 Å². The molecule has 0 aliphatic carbocycles. The van der Waals surface area contributed by atoms with Crippen LogP contribution in [-0.2, 0) is 24.9 Å². The summed E-state index contributed by atoms with van der Waals surface area (Å²) in [5, 5.41) is 16.7. The predicted molar refractivity (Wildman–Crippen MR) is 196 cm³/mol. The summed E-state index contributed by atoms with van der Waals surface area (Å²) in [6, 6.07) is 26.6. The third-order valence-corrected chi connectivity index (χ3v) is 10.5. The summed E-state index contributed by atoms with van der Waals surface area (Å²) < 4.78 is 6.24. The zero-order chi connectivity index (χ0) is 33.9. The maximum absolute atomic E-state index is 12.2. The molecule has 0 saturated heterocycles. The number of benzene rings is 4. The Morgan fingerprint density at radius 1 is 0.833 bits per heavy atom. The number of hydrogen-bond donors (Lipinski definition) is 1. The molecule has 0 spiro atoms. The largest absolute Gasteiger partial charge is 0.512 e. The predicted octanol–water partition coefficient (Wildman–Crippen LogP) is 11.9. The van der Waals surface area contributed by atoms with Crippen LogP contribution in [0.15, 0.2) is 89.3 Å². The molecule has 0 amide bonds. The van der Waals surface area contributed by atoms with E-state index < -0.39 is 0 Å². The van der Waals surface area contributed by atoms with E-state index in [2.05, 4.69) is 79.5 Å². The van der Waals surface area contributed by atoms with Crippen LogP contribution in [0.25, 0.3) is 54.9 Å². The maximum Gasteiger partial charge on any atom is 0.221 e. The van der Waals surface area contributed by atoms with Crippen molar-refractivity contribution in [2.45, 2.75) is 87.0 Å². The fourth-order valence-electron chi connectivity index (χ4n) is 6.14. The van der Waals surface area contributed by atoms with Gasteiger partial charge in [0.2, 0.25) is 5.71 Å². The molecule has 0 fully saturated rings. The van der Waals surface area contributed by atoms with Crippen LogP contribution in [-0.4, -0.2) is 20.9 Å². The number of allylic oxidation sites excluding steroid dienone is 2. The van der Waals surface area contributed by atoms with E-state index in [4.69, 9.17) is 9.40 Å². The second-order valence-electron chi connectivity index (χ2n) is 13.4. The molecule has 48 heavy (non-hydrogen) atoms. The van der Waals surface area contributed by atoms with Crippen molar-refractivity contribution in [1.82, 2.24) is 9.97 Å². The summed E-state index contributed by atoms with van der Waals surface area (Å²) in [7, 11) is 0. The average Bonchev–Trinajstić information content (AvgIpc) is 3.50. The van der Waals surface area contributed by atoms with Gasteiger partial charge in [-0.3, -0.25) is 9.78 Å². The molecule has 1 N–H and O–H groups in total. The summed E-state index contributed by atoms with van der Waals surface area (Å²) in [6.07, 6.45) is 6.34. The van der Waals surface area contributed by atoms with Gasteiger partial charge < -0.3 is 9.52 Å². The quantitative estimate of drug-likeness (QED) is 0.0893. The molecular formula is C42H47IrN2O3-. The number of aromatic nitrogens is 2. The third-order valence-electron chi connectivity index (χ3n) is 10.5. The number of rotatable bonds is 9. The SMILES string of the molecule is CC(C)c1c[c-]c(-c2ncnc3oc4c5ccccc5ccc4c23)c2ccccc12.CCC(C)(CC)C(=O)/C=C(\O)C(C)(CC)CC.[Ir]. The monoisotopic (exact) mass is 820 g/mol. The van der Waals surface area contributed by atoms with Crippen molar-refractivity contribution in [1.29, 1.82) is 0 Å². The van der Waals surface area contributed by atoms with Crippen molar-refractivity contribution in [3.05, 3.63) is 96.5 Å². The Bertz CT molecular complexity index is 2080. The van der Waals surface area contributed by atoms with Gasteiger partial charge in [0.1, 0.15) is 17.7 Å². The minimum Gasteiger partial charge on any atom is -0.512 e. The number of nitrogens with zero attached hydrogens (tertiary/aromatic N) is 2. The summed E-state index contributed by atoms with van der Waals surface area (Å²) in [5.41, 5.74) is 4.00. The van der Waals surface area contributed by atoms with Crippen LogP contribution < -0.4 is 0 Å². The van der Waals surface area contributed by atoms with Crippen molar-refractivity contribution in [3.63, 3.8) is 0 Å². The van der Waals surface area contributed by atoms with Crippen molar-refractivity contribution < 1.29 is 34.4 Å². The first-order chi connectivity index (χ1) is 22.5. The molecular weight excluding hydrogens is 773 g/mol. The molecule has 0 atom stereocenters. The van der Waals surface area contributed by atoms with Crippen LogP contribution in [0.2, 0.25) is 0 Å². The smallest absolute Gasteiger partial charge is 0.221 e. The Morgan fingerprint density at radius 2 is 1.44 bits per heavy atom.